The standard InChI is InChI=1S/C20H27N3O3/c1-23-12-13(10-22-20(24)26-7-6-25-2)8-16-15-4-3-5-17-19(15)14(11-21-17)9-18(16)23/h3-5,11,13,16,18,21H,6-10,12H2,1-2H3,(H,22,24)/t13-,16+,18+/m0/s1. The molecule has 2 N–H and O–H groups in total. The molecule has 2 aliphatic rings. The van der Waals surface area contributed by atoms with Crippen molar-refractivity contribution in [2.45, 2.75) is 24.8 Å². The van der Waals surface area contributed by atoms with Crippen molar-refractivity contribution in [1.82, 2.24) is 15.2 Å². The zero-order valence-corrected chi connectivity index (χ0v) is 15.5. The number of nitrogens with one attached hydrogen (secondary N) is 2. The second kappa shape index (κ2) is 7.29. The van der Waals surface area contributed by atoms with Crippen LogP contribution in [0, 0.1) is 5.92 Å². The molecule has 1 aromatic carbocycles. The van der Waals surface area contributed by atoms with Crippen LogP contribution in [0.15, 0.2) is 24.4 Å². The quantitative estimate of drug-likeness (QED) is 0.807. The average molecular weight is 357 g/mol. The molecule has 1 aromatic heterocycles. The van der Waals surface area contributed by atoms with Gasteiger partial charge in [-0.1, -0.05) is 12.1 Å². The van der Waals surface area contributed by atoms with Gasteiger partial charge >= 0.3 is 6.09 Å². The Morgan fingerprint density at radius 1 is 1.38 bits per heavy atom. The number of piperidine rings is 1. The van der Waals surface area contributed by atoms with Crippen LogP contribution in [0.1, 0.15) is 23.5 Å². The predicted octanol–water partition coefficient (Wildman–Crippen LogP) is 2.50. The van der Waals surface area contributed by atoms with Crippen molar-refractivity contribution in [1.29, 1.82) is 0 Å². The van der Waals surface area contributed by atoms with Crippen LogP contribution in [0.5, 0.6) is 0 Å². The Labute approximate surface area is 153 Å². The minimum Gasteiger partial charge on any atom is -0.447 e. The summed E-state index contributed by atoms with van der Waals surface area (Å²) >= 11 is 0. The molecular weight excluding hydrogens is 330 g/mol. The van der Waals surface area contributed by atoms with Crippen LogP contribution in [-0.2, 0) is 15.9 Å². The first-order valence-corrected chi connectivity index (χ1v) is 9.36. The van der Waals surface area contributed by atoms with Gasteiger partial charge in [0.15, 0.2) is 0 Å². The maximum Gasteiger partial charge on any atom is 0.407 e. The minimum absolute atomic E-state index is 0.288. The smallest absolute Gasteiger partial charge is 0.407 e. The van der Waals surface area contributed by atoms with Crippen LogP contribution in [0.4, 0.5) is 4.79 Å². The maximum atomic E-state index is 11.8. The number of likely N-dealkylation sites (tertiary alicyclic amines) is 1. The lowest BCUT2D eigenvalue weighted by molar-refractivity contribution is 0.0900. The molecular formula is C20H27N3O3. The number of aromatic amines is 1. The van der Waals surface area contributed by atoms with Crippen molar-refractivity contribution in [3.8, 4) is 0 Å². The number of hydrogen-bond acceptors (Lipinski definition) is 4. The van der Waals surface area contributed by atoms with Crippen LogP contribution in [-0.4, -0.2) is 62.5 Å². The third kappa shape index (κ3) is 3.19. The normalized spacial score (nSPS) is 25.1. The molecule has 1 saturated heterocycles. The van der Waals surface area contributed by atoms with E-state index in [9.17, 15) is 4.79 Å². The molecule has 1 fully saturated rings. The summed E-state index contributed by atoms with van der Waals surface area (Å²) in [4.78, 5) is 17.7. The molecule has 1 amide bonds. The fraction of sp³-hybridized carbons (Fsp3) is 0.550. The van der Waals surface area contributed by atoms with E-state index in [0.29, 0.717) is 31.0 Å². The summed E-state index contributed by atoms with van der Waals surface area (Å²) < 4.78 is 9.99. The Morgan fingerprint density at radius 2 is 2.27 bits per heavy atom. The van der Waals surface area contributed by atoms with Gasteiger partial charge in [-0.25, -0.2) is 4.79 Å². The first kappa shape index (κ1) is 17.4. The van der Waals surface area contributed by atoms with Gasteiger partial charge in [-0.2, -0.15) is 0 Å². The highest BCUT2D eigenvalue weighted by molar-refractivity contribution is 5.88. The topological polar surface area (TPSA) is 66.6 Å². The molecule has 6 heteroatoms. The molecule has 2 aromatic rings. The van der Waals surface area contributed by atoms with Gasteiger partial charge in [0.2, 0.25) is 0 Å². The first-order chi connectivity index (χ1) is 12.7. The van der Waals surface area contributed by atoms with Crippen molar-refractivity contribution >= 4 is 17.0 Å². The highest BCUT2D eigenvalue weighted by atomic mass is 16.6. The summed E-state index contributed by atoms with van der Waals surface area (Å²) in [5.41, 5.74) is 4.12. The Morgan fingerprint density at radius 3 is 3.12 bits per heavy atom. The van der Waals surface area contributed by atoms with Gasteiger partial charge in [-0.15, -0.1) is 0 Å². The van der Waals surface area contributed by atoms with Gasteiger partial charge in [0, 0.05) is 49.3 Å². The number of hydrogen-bond donors (Lipinski definition) is 2. The summed E-state index contributed by atoms with van der Waals surface area (Å²) in [6.07, 6.45) is 4.00. The number of ether oxygens (including phenoxy) is 2. The van der Waals surface area contributed by atoms with Crippen molar-refractivity contribution < 1.29 is 14.3 Å². The molecule has 0 radical (unpaired) electrons. The number of amides is 1. The van der Waals surface area contributed by atoms with Gasteiger partial charge in [-0.3, -0.25) is 0 Å². The Balaban J connectivity index is 1.45. The Hall–Kier alpha value is -2.05. The largest absolute Gasteiger partial charge is 0.447 e. The number of benzene rings is 1. The second-order valence-corrected chi connectivity index (χ2v) is 7.51. The molecule has 0 spiro atoms. The molecule has 26 heavy (non-hydrogen) atoms. The summed E-state index contributed by atoms with van der Waals surface area (Å²) in [7, 11) is 3.80. The van der Waals surface area contributed by atoms with Gasteiger partial charge in [0.25, 0.3) is 0 Å². The third-order valence-electron chi connectivity index (χ3n) is 5.87. The van der Waals surface area contributed by atoms with E-state index in [0.717, 1.165) is 19.4 Å². The number of rotatable bonds is 5. The molecule has 1 aliphatic carbocycles. The number of carbonyl (C=O) groups excluding carboxylic acids is 1. The molecule has 2 heterocycles. The molecule has 140 valence electrons. The molecule has 0 unspecified atom stereocenters. The number of methoxy groups -OCH3 is 1. The van der Waals surface area contributed by atoms with Crippen LogP contribution >= 0.6 is 0 Å². The monoisotopic (exact) mass is 357 g/mol. The van der Waals surface area contributed by atoms with E-state index >= 15 is 0 Å². The van der Waals surface area contributed by atoms with E-state index < -0.39 is 0 Å². The van der Waals surface area contributed by atoms with Crippen molar-refractivity contribution in [3.63, 3.8) is 0 Å². The van der Waals surface area contributed by atoms with E-state index in [1.807, 2.05) is 0 Å². The second-order valence-electron chi connectivity index (χ2n) is 7.51. The number of fused-ring (bicyclic) bond motifs is 2. The Bertz CT molecular complexity index is 788. The zero-order chi connectivity index (χ0) is 18.1. The van der Waals surface area contributed by atoms with E-state index in [1.54, 1.807) is 7.11 Å². The first-order valence-electron chi connectivity index (χ1n) is 9.36. The van der Waals surface area contributed by atoms with Gasteiger partial charge < -0.3 is 24.7 Å². The molecule has 6 nitrogen and oxygen atoms in total. The highest BCUT2D eigenvalue weighted by Crippen LogP contribution is 2.44. The van der Waals surface area contributed by atoms with Gasteiger partial charge in [0.05, 0.1) is 6.61 Å². The average Bonchev–Trinajstić information content (AvgIpc) is 3.06. The van der Waals surface area contributed by atoms with Crippen LogP contribution in [0.25, 0.3) is 10.9 Å². The predicted molar refractivity (Wildman–Crippen MR) is 100 cm³/mol. The maximum absolute atomic E-state index is 11.8. The fourth-order valence-corrected chi connectivity index (χ4v) is 4.70. The molecule has 0 bridgehead atoms. The van der Waals surface area contributed by atoms with Crippen LogP contribution in [0.2, 0.25) is 0 Å². The number of carbonyl (C=O) groups is 1. The van der Waals surface area contributed by atoms with Crippen molar-refractivity contribution in [3.05, 3.63) is 35.5 Å². The SMILES string of the molecule is COCCOC(=O)NC[C@@H]1C[C@@H]2c3cccc4[nH]cc(c34)C[C@H]2N(C)C1. The fourth-order valence-electron chi connectivity index (χ4n) is 4.70. The van der Waals surface area contributed by atoms with Crippen LogP contribution < -0.4 is 5.32 Å². The highest BCUT2D eigenvalue weighted by Gasteiger charge is 2.39. The minimum atomic E-state index is -0.356. The molecule has 1 aliphatic heterocycles. The van der Waals surface area contributed by atoms with E-state index in [2.05, 4.69) is 46.6 Å². The summed E-state index contributed by atoms with van der Waals surface area (Å²) in [5, 5.41) is 4.33. The van der Waals surface area contributed by atoms with E-state index in [4.69, 9.17) is 9.47 Å². The van der Waals surface area contributed by atoms with Crippen molar-refractivity contribution in [2.75, 3.05) is 40.5 Å². The number of nitrogens with zero attached hydrogens (tertiary/aromatic N) is 1. The van der Waals surface area contributed by atoms with Crippen LogP contribution in [0.3, 0.4) is 0 Å². The number of aromatic nitrogens is 1. The number of likely N-dealkylation sites (N-methyl/N-ethyl adjacent to an activating group) is 1. The summed E-state index contributed by atoms with van der Waals surface area (Å²) in [6, 6.07) is 7.12. The zero-order valence-electron chi connectivity index (χ0n) is 15.5. The molecule has 3 atom stereocenters. The summed E-state index contributed by atoms with van der Waals surface area (Å²) in [5.74, 6) is 0.934. The van der Waals surface area contributed by atoms with Crippen molar-refractivity contribution in [2.24, 2.45) is 5.92 Å². The van der Waals surface area contributed by atoms with E-state index in [1.165, 1.54) is 22.0 Å². The van der Waals surface area contributed by atoms with E-state index in [-0.39, 0.29) is 12.7 Å². The van der Waals surface area contributed by atoms with Gasteiger partial charge in [0.1, 0.15) is 6.61 Å². The number of H-pyrrole nitrogens is 1. The lowest BCUT2D eigenvalue weighted by Crippen LogP contribution is -2.50. The lowest BCUT2D eigenvalue weighted by atomic mass is 9.72. The lowest BCUT2D eigenvalue weighted by Gasteiger charge is -2.45. The summed E-state index contributed by atoms with van der Waals surface area (Å²) in [6.45, 7) is 2.35. The Kier molecular flexibility index (Phi) is 4.87. The third-order valence-corrected chi connectivity index (χ3v) is 5.87. The molecule has 4 rings (SSSR count). The number of alkyl carbamates (subject to hydrolysis) is 1. The molecule has 0 saturated carbocycles. The van der Waals surface area contributed by atoms with Gasteiger partial charge in [-0.05, 0) is 43.0 Å².